The average Bonchev–Trinajstić information content (AvgIpc) is 2.72. The van der Waals surface area contributed by atoms with Gasteiger partial charge in [-0.15, -0.1) is 0 Å². The molecule has 0 aromatic carbocycles. The maximum Gasteiger partial charge on any atom is 0.259 e. The van der Waals surface area contributed by atoms with Gasteiger partial charge >= 0.3 is 0 Å². The van der Waals surface area contributed by atoms with Crippen molar-refractivity contribution in [3.8, 4) is 5.69 Å². The fourth-order valence-electron chi connectivity index (χ4n) is 1.64. The first-order valence-corrected chi connectivity index (χ1v) is 5.32. The molecule has 2 aromatic heterocycles. The lowest BCUT2D eigenvalue weighted by Gasteiger charge is -2.01. The molecule has 0 aliphatic carbocycles. The van der Waals surface area contributed by atoms with Crippen molar-refractivity contribution in [2.24, 2.45) is 5.73 Å². The van der Waals surface area contributed by atoms with Crippen LogP contribution >= 0.6 is 0 Å². The first-order chi connectivity index (χ1) is 8.58. The molecule has 2 heterocycles. The topological polar surface area (TPSA) is 96.8 Å². The zero-order chi connectivity index (χ0) is 13.1. The summed E-state index contributed by atoms with van der Waals surface area (Å²) < 4.78 is 1.80. The highest BCUT2D eigenvalue weighted by Crippen LogP contribution is 2.14. The van der Waals surface area contributed by atoms with Crippen molar-refractivity contribution < 1.29 is 4.79 Å². The van der Waals surface area contributed by atoms with E-state index < -0.39 is 0 Å². The SMILES string of the molecule is Cc1cn(-c2cccnc2)cc1C(=O)NC(=N)N. The zero-order valence-electron chi connectivity index (χ0n) is 9.84. The molecule has 0 saturated carbocycles. The Balaban J connectivity index is 2.33. The molecule has 0 aliphatic rings. The van der Waals surface area contributed by atoms with Crippen molar-refractivity contribution >= 4 is 11.9 Å². The largest absolute Gasteiger partial charge is 0.370 e. The van der Waals surface area contributed by atoms with E-state index in [9.17, 15) is 4.79 Å². The van der Waals surface area contributed by atoms with Crippen molar-refractivity contribution in [3.63, 3.8) is 0 Å². The lowest BCUT2D eigenvalue weighted by molar-refractivity contribution is 0.0976. The van der Waals surface area contributed by atoms with E-state index in [0.29, 0.717) is 5.56 Å². The minimum Gasteiger partial charge on any atom is -0.370 e. The first kappa shape index (κ1) is 11.8. The number of pyridine rings is 1. The third-order valence-corrected chi connectivity index (χ3v) is 2.46. The van der Waals surface area contributed by atoms with E-state index in [1.54, 1.807) is 23.2 Å². The molecular weight excluding hydrogens is 230 g/mol. The first-order valence-electron chi connectivity index (χ1n) is 5.32. The van der Waals surface area contributed by atoms with Crippen LogP contribution in [0, 0.1) is 12.3 Å². The third kappa shape index (κ3) is 2.37. The molecule has 92 valence electrons. The standard InChI is InChI=1S/C12H13N5O/c1-8-6-17(9-3-2-4-15-5-9)7-10(8)11(18)16-12(13)14/h2-7H,1H3,(H4,13,14,16,18). The van der Waals surface area contributed by atoms with Crippen molar-refractivity contribution in [1.29, 1.82) is 5.41 Å². The Labute approximate surface area is 104 Å². The fraction of sp³-hybridized carbons (Fsp3) is 0.0833. The lowest BCUT2D eigenvalue weighted by atomic mass is 10.2. The Morgan fingerprint density at radius 3 is 2.89 bits per heavy atom. The molecule has 4 N–H and O–H groups in total. The second-order valence-electron chi connectivity index (χ2n) is 3.84. The van der Waals surface area contributed by atoms with Gasteiger partial charge in [0.2, 0.25) is 0 Å². The molecule has 6 heteroatoms. The Morgan fingerprint density at radius 2 is 2.28 bits per heavy atom. The molecule has 0 bridgehead atoms. The Kier molecular flexibility index (Phi) is 3.09. The van der Waals surface area contributed by atoms with E-state index >= 15 is 0 Å². The van der Waals surface area contributed by atoms with E-state index in [-0.39, 0.29) is 11.9 Å². The summed E-state index contributed by atoms with van der Waals surface area (Å²) in [5.41, 5.74) is 7.28. The third-order valence-electron chi connectivity index (χ3n) is 2.46. The van der Waals surface area contributed by atoms with E-state index in [4.69, 9.17) is 11.1 Å². The molecule has 2 aromatic rings. The van der Waals surface area contributed by atoms with Crippen LogP contribution in [-0.2, 0) is 0 Å². The summed E-state index contributed by atoms with van der Waals surface area (Å²) in [7, 11) is 0. The summed E-state index contributed by atoms with van der Waals surface area (Å²) in [5, 5.41) is 9.30. The maximum atomic E-state index is 11.8. The van der Waals surface area contributed by atoms with E-state index in [2.05, 4.69) is 10.3 Å². The number of nitrogens with two attached hydrogens (primary N) is 1. The number of rotatable bonds is 2. The van der Waals surface area contributed by atoms with Crippen LogP contribution in [0.1, 0.15) is 15.9 Å². The summed E-state index contributed by atoms with van der Waals surface area (Å²) >= 11 is 0. The van der Waals surface area contributed by atoms with Gasteiger partial charge in [-0.1, -0.05) is 0 Å². The molecule has 1 amide bonds. The van der Waals surface area contributed by atoms with Crippen molar-refractivity contribution in [1.82, 2.24) is 14.9 Å². The normalized spacial score (nSPS) is 10.1. The zero-order valence-corrected chi connectivity index (χ0v) is 9.84. The molecule has 18 heavy (non-hydrogen) atoms. The summed E-state index contributed by atoms with van der Waals surface area (Å²) in [6.07, 6.45) is 6.89. The van der Waals surface area contributed by atoms with Gasteiger partial charge in [-0.2, -0.15) is 0 Å². The number of nitrogens with zero attached hydrogens (tertiary/aromatic N) is 2. The Bertz CT molecular complexity index is 588. The number of carbonyl (C=O) groups is 1. The maximum absolute atomic E-state index is 11.8. The molecule has 0 radical (unpaired) electrons. The summed E-state index contributed by atoms with van der Waals surface area (Å²) in [6.45, 7) is 1.82. The van der Waals surface area contributed by atoms with Gasteiger partial charge in [0.1, 0.15) is 0 Å². The van der Waals surface area contributed by atoms with Gasteiger partial charge in [-0.25, -0.2) is 0 Å². The molecule has 0 aliphatic heterocycles. The van der Waals surface area contributed by atoms with Gasteiger partial charge in [-0.3, -0.25) is 20.5 Å². The molecule has 0 unspecified atom stereocenters. The summed E-state index contributed by atoms with van der Waals surface area (Å²) in [6, 6.07) is 3.71. The highest BCUT2D eigenvalue weighted by atomic mass is 16.1. The van der Waals surface area contributed by atoms with E-state index in [0.717, 1.165) is 11.3 Å². The molecular formula is C12H13N5O. The summed E-state index contributed by atoms with van der Waals surface area (Å²) in [4.78, 5) is 15.8. The average molecular weight is 243 g/mol. The fourth-order valence-corrected chi connectivity index (χ4v) is 1.64. The van der Waals surface area contributed by atoms with Crippen LogP contribution in [0.3, 0.4) is 0 Å². The molecule has 2 rings (SSSR count). The Hall–Kier alpha value is -2.63. The monoisotopic (exact) mass is 243 g/mol. The number of hydrogen-bond donors (Lipinski definition) is 3. The number of aryl methyl sites for hydroxylation is 1. The molecule has 0 saturated heterocycles. The van der Waals surface area contributed by atoms with Crippen LogP contribution in [0.2, 0.25) is 0 Å². The van der Waals surface area contributed by atoms with Crippen LogP contribution in [0.5, 0.6) is 0 Å². The number of nitrogens with one attached hydrogen (secondary N) is 2. The van der Waals surface area contributed by atoms with Crippen LogP contribution in [-0.4, -0.2) is 21.4 Å². The van der Waals surface area contributed by atoms with Gasteiger partial charge in [-0.05, 0) is 24.6 Å². The second kappa shape index (κ2) is 4.70. The quantitative estimate of drug-likeness (QED) is 0.537. The predicted molar refractivity (Wildman–Crippen MR) is 67.7 cm³/mol. The van der Waals surface area contributed by atoms with Gasteiger partial charge in [0, 0.05) is 18.6 Å². The lowest BCUT2D eigenvalue weighted by Crippen LogP contribution is -2.35. The van der Waals surface area contributed by atoms with Crippen LogP contribution in [0.4, 0.5) is 0 Å². The number of carbonyl (C=O) groups excluding carboxylic acids is 1. The van der Waals surface area contributed by atoms with Crippen molar-refractivity contribution in [3.05, 3.63) is 48.0 Å². The van der Waals surface area contributed by atoms with Gasteiger partial charge in [0.15, 0.2) is 5.96 Å². The number of amides is 1. The van der Waals surface area contributed by atoms with Gasteiger partial charge < -0.3 is 10.3 Å². The van der Waals surface area contributed by atoms with E-state index in [1.165, 1.54) is 0 Å². The highest BCUT2D eigenvalue weighted by molar-refractivity contribution is 6.05. The smallest absolute Gasteiger partial charge is 0.259 e. The molecule has 6 nitrogen and oxygen atoms in total. The number of aromatic nitrogens is 2. The number of guanidine groups is 1. The van der Waals surface area contributed by atoms with Gasteiger partial charge in [0.05, 0.1) is 17.4 Å². The van der Waals surface area contributed by atoms with Gasteiger partial charge in [0.25, 0.3) is 5.91 Å². The Morgan fingerprint density at radius 1 is 1.50 bits per heavy atom. The highest BCUT2D eigenvalue weighted by Gasteiger charge is 2.12. The van der Waals surface area contributed by atoms with Crippen LogP contribution < -0.4 is 11.1 Å². The second-order valence-corrected chi connectivity index (χ2v) is 3.84. The molecule has 0 atom stereocenters. The van der Waals surface area contributed by atoms with Crippen molar-refractivity contribution in [2.75, 3.05) is 0 Å². The molecule has 0 spiro atoms. The van der Waals surface area contributed by atoms with Crippen LogP contribution in [0.25, 0.3) is 5.69 Å². The minimum atomic E-state index is -0.386. The molecule has 0 fully saturated rings. The predicted octanol–water partition coefficient (Wildman–Crippen LogP) is 0.804. The minimum absolute atomic E-state index is 0.367. The van der Waals surface area contributed by atoms with Crippen LogP contribution in [0.15, 0.2) is 36.9 Å². The van der Waals surface area contributed by atoms with E-state index in [1.807, 2.05) is 25.3 Å². The summed E-state index contributed by atoms with van der Waals surface area (Å²) in [5.74, 6) is -0.754. The number of hydrogen-bond acceptors (Lipinski definition) is 3. The van der Waals surface area contributed by atoms with Crippen molar-refractivity contribution in [2.45, 2.75) is 6.92 Å².